The molecule has 14 heteroatoms. The molecule has 218 valence electrons. The molecule has 2 saturated heterocycles. The average molecular weight is 620 g/mol. The lowest BCUT2D eigenvalue weighted by Gasteiger charge is -2.47. The summed E-state index contributed by atoms with van der Waals surface area (Å²) in [5.74, 6) is 1.74. The minimum absolute atomic E-state index is 0.0514. The molecule has 0 radical (unpaired) electrons. The minimum atomic E-state index is -4.69. The maximum absolute atomic E-state index is 13.9. The van der Waals surface area contributed by atoms with E-state index >= 15 is 0 Å². The molecule has 2 atom stereocenters. The molecule has 8 nitrogen and oxygen atoms in total. The summed E-state index contributed by atoms with van der Waals surface area (Å²) < 4.78 is 64.4. The highest BCUT2D eigenvalue weighted by atomic mass is 35.5. The van der Waals surface area contributed by atoms with Crippen LogP contribution in [0.4, 0.5) is 19.0 Å². The van der Waals surface area contributed by atoms with Crippen molar-refractivity contribution in [2.45, 2.75) is 44.8 Å². The van der Waals surface area contributed by atoms with Gasteiger partial charge in [0.1, 0.15) is 22.0 Å². The Bertz CT molecular complexity index is 1440. The van der Waals surface area contributed by atoms with Gasteiger partial charge >= 0.3 is 6.18 Å². The number of anilines is 1. The number of unbranched alkanes of at least 4 members (excludes halogenated alkanes) is 1. The topological polar surface area (TPSA) is 84.2 Å². The first-order valence-corrected chi connectivity index (χ1v) is 15.5. The highest BCUT2D eigenvalue weighted by Crippen LogP contribution is 2.38. The summed E-state index contributed by atoms with van der Waals surface area (Å²) in [6.45, 7) is 6.14. The summed E-state index contributed by atoms with van der Waals surface area (Å²) in [7, 11) is -2.31. The van der Waals surface area contributed by atoms with Gasteiger partial charge in [0.05, 0.1) is 12.2 Å². The smallest absolute Gasteiger partial charge is 0.355 e. The SMILES string of the molecule is C[C@H](c1ccc(Cl)cc1Cl)n1nc(C(F)(F)F)c2ncc(N3CC([C@H]4CCCN(CCCC[SH](=O)=O)C4)C3)nc21. The standard InChI is InChI=1S/C26H31Cl2F3N6O2S/c1-16(20-7-6-19(27)11-21(20)28)37-25-23(24(34-37)26(29,30)31)32-12-22(33-25)36-14-18(15-36)17-5-4-9-35(13-17)8-2-3-10-40(38)39/h6-7,11-12,16-18,40H,2-5,8-10,13-15H2,1H3/t16-,17+/m1/s1. The molecule has 4 heterocycles. The number of aromatic nitrogens is 4. The molecule has 0 saturated carbocycles. The van der Waals surface area contributed by atoms with Crippen molar-refractivity contribution in [1.82, 2.24) is 24.6 Å². The lowest BCUT2D eigenvalue weighted by Crippen LogP contribution is -2.54. The molecule has 2 aliphatic heterocycles. The number of hydrogen-bond acceptors (Lipinski definition) is 7. The van der Waals surface area contributed by atoms with Crippen molar-refractivity contribution in [1.29, 1.82) is 0 Å². The molecule has 2 fully saturated rings. The number of piperidine rings is 1. The molecular weight excluding hydrogens is 588 g/mol. The Morgan fingerprint density at radius 2 is 1.90 bits per heavy atom. The van der Waals surface area contributed by atoms with Crippen molar-refractivity contribution in [3.05, 3.63) is 45.7 Å². The number of alkyl halides is 3. The second kappa shape index (κ2) is 12.0. The molecule has 0 unspecified atom stereocenters. The summed E-state index contributed by atoms with van der Waals surface area (Å²) in [6, 6.07) is 4.21. The summed E-state index contributed by atoms with van der Waals surface area (Å²) in [4.78, 5) is 13.3. The van der Waals surface area contributed by atoms with Crippen LogP contribution in [0.5, 0.6) is 0 Å². The van der Waals surface area contributed by atoms with Crippen LogP contribution in [-0.4, -0.2) is 71.5 Å². The van der Waals surface area contributed by atoms with E-state index in [0.717, 1.165) is 52.0 Å². The van der Waals surface area contributed by atoms with Crippen LogP contribution in [0.25, 0.3) is 11.2 Å². The number of fused-ring (bicyclic) bond motifs is 1. The number of nitrogens with zero attached hydrogens (tertiary/aromatic N) is 6. The molecule has 0 spiro atoms. The molecule has 0 N–H and O–H groups in total. The Labute approximate surface area is 242 Å². The lowest BCUT2D eigenvalue weighted by molar-refractivity contribution is -0.140. The van der Waals surface area contributed by atoms with E-state index in [0.29, 0.717) is 39.7 Å². The zero-order valence-corrected chi connectivity index (χ0v) is 24.4. The predicted molar refractivity (Wildman–Crippen MR) is 150 cm³/mol. The van der Waals surface area contributed by atoms with E-state index in [1.165, 1.54) is 10.9 Å². The van der Waals surface area contributed by atoms with Gasteiger partial charge in [0.15, 0.2) is 11.3 Å². The highest BCUT2D eigenvalue weighted by Gasteiger charge is 2.40. The first-order chi connectivity index (χ1) is 19.0. The number of halogens is 5. The molecule has 40 heavy (non-hydrogen) atoms. The molecular formula is C26H31Cl2F3N6O2S. The van der Waals surface area contributed by atoms with Gasteiger partial charge in [0.2, 0.25) is 0 Å². The van der Waals surface area contributed by atoms with Crippen LogP contribution in [0.2, 0.25) is 10.0 Å². The van der Waals surface area contributed by atoms with E-state index in [4.69, 9.17) is 23.2 Å². The maximum atomic E-state index is 13.9. The Kier molecular flexibility index (Phi) is 8.80. The van der Waals surface area contributed by atoms with Crippen LogP contribution in [0, 0.1) is 11.8 Å². The first kappa shape index (κ1) is 29.3. The van der Waals surface area contributed by atoms with E-state index in [1.807, 2.05) is 4.90 Å². The second-order valence-electron chi connectivity index (χ2n) is 10.7. The monoisotopic (exact) mass is 618 g/mol. The van der Waals surface area contributed by atoms with E-state index in [2.05, 4.69) is 20.0 Å². The molecule has 5 rings (SSSR count). The van der Waals surface area contributed by atoms with Crippen LogP contribution < -0.4 is 4.90 Å². The third-order valence-corrected chi connectivity index (χ3v) is 9.19. The number of hydrogen-bond donors (Lipinski definition) is 1. The third kappa shape index (κ3) is 6.34. The van der Waals surface area contributed by atoms with Crippen molar-refractivity contribution in [3.8, 4) is 0 Å². The fourth-order valence-corrected chi connectivity index (χ4v) is 6.79. The zero-order valence-electron chi connectivity index (χ0n) is 21.9. The van der Waals surface area contributed by atoms with Crippen molar-refractivity contribution < 1.29 is 21.6 Å². The number of thiol groups is 1. The van der Waals surface area contributed by atoms with Crippen molar-refractivity contribution >= 4 is 50.9 Å². The Balaban J connectivity index is 1.31. The van der Waals surface area contributed by atoms with Crippen LogP contribution in [0.15, 0.2) is 24.4 Å². The second-order valence-corrected chi connectivity index (χ2v) is 12.6. The fourth-order valence-electron chi connectivity index (χ4n) is 5.74. The molecule has 0 amide bonds. The van der Waals surface area contributed by atoms with Crippen LogP contribution in [-0.2, 0) is 16.9 Å². The molecule has 0 aliphatic carbocycles. The number of likely N-dealkylation sites (tertiary alicyclic amines) is 1. The Hall–Kier alpha value is -2.15. The molecule has 2 aliphatic rings. The molecule has 0 bridgehead atoms. The van der Waals surface area contributed by atoms with Crippen molar-refractivity contribution in [3.63, 3.8) is 0 Å². The van der Waals surface area contributed by atoms with E-state index in [-0.39, 0.29) is 16.9 Å². The normalized spacial score (nSPS) is 19.9. The van der Waals surface area contributed by atoms with Gasteiger partial charge in [-0.25, -0.2) is 23.1 Å². The Morgan fingerprint density at radius 1 is 1.12 bits per heavy atom. The quantitative estimate of drug-likeness (QED) is 0.257. The van der Waals surface area contributed by atoms with Gasteiger partial charge in [-0.2, -0.15) is 18.3 Å². The first-order valence-electron chi connectivity index (χ1n) is 13.4. The molecule has 3 aromatic rings. The summed E-state index contributed by atoms with van der Waals surface area (Å²) in [5.41, 5.74) is -0.751. The molecule has 2 aromatic heterocycles. The van der Waals surface area contributed by atoms with Gasteiger partial charge in [-0.05, 0) is 75.2 Å². The Morgan fingerprint density at radius 3 is 2.60 bits per heavy atom. The summed E-state index contributed by atoms with van der Waals surface area (Å²) in [6.07, 6.45) is 0.502. The minimum Gasteiger partial charge on any atom is -0.355 e. The fraction of sp³-hybridized carbons (Fsp3) is 0.577. The molecule has 1 aromatic carbocycles. The van der Waals surface area contributed by atoms with Gasteiger partial charge in [0, 0.05) is 35.4 Å². The van der Waals surface area contributed by atoms with Gasteiger partial charge in [-0.3, -0.25) is 0 Å². The predicted octanol–water partition coefficient (Wildman–Crippen LogP) is 5.30. The van der Waals surface area contributed by atoms with Gasteiger partial charge < -0.3 is 9.80 Å². The lowest BCUT2D eigenvalue weighted by atomic mass is 9.80. The zero-order chi connectivity index (χ0) is 28.6. The third-order valence-electron chi connectivity index (χ3n) is 7.95. The van der Waals surface area contributed by atoms with Gasteiger partial charge in [-0.15, -0.1) is 0 Å². The van der Waals surface area contributed by atoms with Crippen LogP contribution in [0.3, 0.4) is 0 Å². The average Bonchev–Trinajstić information content (AvgIpc) is 3.25. The highest BCUT2D eigenvalue weighted by molar-refractivity contribution is 7.72. The van der Waals surface area contributed by atoms with E-state index in [9.17, 15) is 21.6 Å². The summed E-state index contributed by atoms with van der Waals surface area (Å²) >= 11 is 12.4. The van der Waals surface area contributed by atoms with Crippen molar-refractivity contribution in [2.75, 3.05) is 43.4 Å². The number of benzene rings is 1. The summed E-state index contributed by atoms with van der Waals surface area (Å²) in [5, 5.41) is 4.65. The van der Waals surface area contributed by atoms with Crippen LogP contribution in [0.1, 0.15) is 49.9 Å². The number of rotatable bonds is 9. The van der Waals surface area contributed by atoms with Gasteiger partial charge in [-0.1, -0.05) is 29.3 Å². The van der Waals surface area contributed by atoms with E-state index < -0.39 is 28.6 Å². The largest absolute Gasteiger partial charge is 0.437 e. The van der Waals surface area contributed by atoms with E-state index in [1.54, 1.807) is 25.1 Å². The maximum Gasteiger partial charge on any atom is 0.437 e. The van der Waals surface area contributed by atoms with Crippen LogP contribution >= 0.6 is 23.2 Å². The van der Waals surface area contributed by atoms with Crippen molar-refractivity contribution in [2.24, 2.45) is 11.8 Å². The van der Waals surface area contributed by atoms with Gasteiger partial charge in [0.25, 0.3) is 0 Å².